The van der Waals surface area contributed by atoms with Crippen molar-refractivity contribution in [1.82, 2.24) is 20.9 Å². The summed E-state index contributed by atoms with van der Waals surface area (Å²) in [5.41, 5.74) is -0.471. The summed E-state index contributed by atoms with van der Waals surface area (Å²) >= 11 is 0. The maximum absolute atomic E-state index is 11.5. The van der Waals surface area contributed by atoms with Gasteiger partial charge in [0.15, 0.2) is 5.96 Å². The van der Waals surface area contributed by atoms with E-state index in [1.807, 2.05) is 20.8 Å². The molecular weight excluding hydrogens is 445 g/mol. The van der Waals surface area contributed by atoms with E-state index in [1.165, 1.54) is 25.8 Å². The number of nitrogens with zero attached hydrogens (tertiary/aromatic N) is 2. The van der Waals surface area contributed by atoms with Crippen molar-refractivity contribution < 1.29 is 9.53 Å². The maximum atomic E-state index is 11.5. The molecule has 8 heteroatoms. The highest BCUT2D eigenvalue weighted by Gasteiger charge is 2.17. The Morgan fingerprint density at radius 1 is 1.15 bits per heavy atom. The summed E-state index contributed by atoms with van der Waals surface area (Å²) in [6.07, 6.45) is 4.71. The van der Waals surface area contributed by atoms with Gasteiger partial charge in [-0.1, -0.05) is 6.42 Å². The third-order valence-corrected chi connectivity index (χ3v) is 4.16. The highest BCUT2D eigenvalue weighted by atomic mass is 127. The van der Waals surface area contributed by atoms with Crippen LogP contribution in [0.15, 0.2) is 4.99 Å². The molecule has 1 saturated heterocycles. The molecular formula is C18H38IN5O2. The Hall–Kier alpha value is -0.770. The van der Waals surface area contributed by atoms with Crippen molar-refractivity contribution in [2.45, 2.75) is 65.0 Å². The molecule has 1 unspecified atom stereocenters. The molecule has 0 aromatic heterocycles. The van der Waals surface area contributed by atoms with Gasteiger partial charge in [0.25, 0.3) is 0 Å². The predicted octanol–water partition coefficient (Wildman–Crippen LogP) is 2.56. The second-order valence-electron chi connectivity index (χ2n) is 7.59. The Labute approximate surface area is 176 Å². The van der Waals surface area contributed by atoms with Gasteiger partial charge in [-0.05, 0) is 53.5 Å². The Kier molecular flexibility index (Phi) is 13.0. The first-order valence-electron chi connectivity index (χ1n) is 9.47. The Balaban J connectivity index is 0.00000625. The smallest absolute Gasteiger partial charge is 0.407 e. The average Bonchev–Trinajstić information content (AvgIpc) is 2.53. The van der Waals surface area contributed by atoms with E-state index < -0.39 is 11.7 Å². The van der Waals surface area contributed by atoms with E-state index >= 15 is 0 Å². The van der Waals surface area contributed by atoms with Gasteiger partial charge in [0.05, 0.1) is 0 Å². The highest BCUT2D eigenvalue weighted by Crippen LogP contribution is 2.15. The van der Waals surface area contributed by atoms with Crippen LogP contribution in [0.2, 0.25) is 0 Å². The molecule has 1 aliphatic rings. The van der Waals surface area contributed by atoms with Gasteiger partial charge in [-0.15, -0.1) is 24.0 Å². The lowest BCUT2D eigenvalue weighted by atomic mass is 10.0. The van der Waals surface area contributed by atoms with Gasteiger partial charge in [0.1, 0.15) is 5.60 Å². The lowest BCUT2D eigenvalue weighted by Gasteiger charge is -2.33. The normalized spacial score (nSPS) is 18.7. The van der Waals surface area contributed by atoms with Crippen molar-refractivity contribution in [2.75, 3.05) is 39.8 Å². The summed E-state index contributed by atoms with van der Waals surface area (Å²) < 4.78 is 5.19. The average molecular weight is 483 g/mol. The van der Waals surface area contributed by atoms with Crippen LogP contribution in [0.5, 0.6) is 0 Å². The van der Waals surface area contributed by atoms with Gasteiger partial charge in [0.2, 0.25) is 0 Å². The SMILES string of the molecule is CN=C(NCCCN1CCCCC1C)NCCNC(=O)OC(C)(C)C.I. The molecule has 1 amide bonds. The number of carbonyl (C=O) groups is 1. The van der Waals surface area contributed by atoms with Crippen molar-refractivity contribution in [3.8, 4) is 0 Å². The van der Waals surface area contributed by atoms with E-state index in [0.717, 1.165) is 25.5 Å². The zero-order valence-electron chi connectivity index (χ0n) is 17.1. The van der Waals surface area contributed by atoms with Crippen LogP contribution < -0.4 is 16.0 Å². The molecule has 7 nitrogen and oxygen atoms in total. The van der Waals surface area contributed by atoms with Crippen LogP contribution >= 0.6 is 24.0 Å². The third-order valence-electron chi connectivity index (χ3n) is 4.16. The van der Waals surface area contributed by atoms with Crippen LogP contribution in [-0.2, 0) is 4.74 Å². The molecule has 0 aromatic rings. The van der Waals surface area contributed by atoms with Gasteiger partial charge in [-0.25, -0.2) is 4.79 Å². The van der Waals surface area contributed by atoms with Gasteiger partial charge in [-0.3, -0.25) is 4.99 Å². The van der Waals surface area contributed by atoms with Gasteiger partial charge >= 0.3 is 6.09 Å². The minimum atomic E-state index is -0.471. The second-order valence-corrected chi connectivity index (χ2v) is 7.59. The molecule has 1 aliphatic heterocycles. The van der Waals surface area contributed by atoms with Crippen LogP contribution in [0, 0.1) is 0 Å². The van der Waals surface area contributed by atoms with Crippen LogP contribution in [0.1, 0.15) is 53.4 Å². The first-order chi connectivity index (χ1) is 11.8. The van der Waals surface area contributed by atoms with Crippen molar-refractivity contribution in [1.29, 1.82) is 0 Å². The van der Waals surface area contributed by atoms with Crippen molar-refractivity contribution in [2.24, 2.45) is 4.99 Å². The molecule has 1 heterocycles. The number of amides is 1. The van der Waals surface area contributed by atoms with Gasteiger partial charge < -0.3 is 25.6 Å². The molecule has 26 heavy (non-hydrogen) atoms. The Bertz CT molecular complexity index is 426. The van der Waals surface area contributed by atoms with Crippen molar-refractivity contribution in [3.05, 3.63) is 0 Å². The Morgan fingerprint density at radius 3 is 2.42 bits per heavy atom. The molecule has 0 spiro atoms. The summed E-state index contributed by atoms with van der Waals surface area (Å²) in [5.74, 6) is 0.762. The first kappa shape index (κ1) is 25.2. The molecule has 1 atom stereocenters. The topological polar surface area (TPSA) is 78.0 Å². The number of aliphatic imine (C=N–C) groups is 1. The summed E-state index contributed by atoms with van der Waals surface area (Å²) in [6.45, 7) is 12.2. The minimum absolute atomic E-state index is 0. The number of alkyl carbamates (subject to hydrolysis) is 1. The number of hydrogen-bond donors (Lipinski definition) is 3. The largest absolute Gasteiger partial charge is 0.444 e. The number of nitrogens with one attached hydrogen (secondary N) is 3. The predicted molar refractivity (Wildman–Crippen MR) is 119 cm³/mol. The molecule has 0 bridgehead atoms. The van der Waals surface area contributed by atoms with Crippen molar-refractivity contribution in [3.63, 3.8) is 0 Å². The van der Waals surface area contributed by atoms with Crippen LogP contribution in [-0.4, -0.2) is 68.4 Å². The number of guanidine groups is 1. The number of halogens is 1. The summed E-state index contributed by atoms with van der Waals surface area (Å²) in [7, 11) is 1.75. The Morgan fingerprint density at radius 2 is 1.81 bits per heavy atom. The number of likely N-dealkylation sites (tertiary alicyclic amines) is 1. The van der Waals surface area contributed by atoms with Crippen LogP contribution in [0.4, 0.5) is 4.79 Å². The molecule has 0 saturated carbocycles. The van der Waals surface area contributed by atoms with E-state index in [4.69, 9.17) is 4.74 Å². The zero-order chi connectivity index (χ0) is 18.7. The highest BCUT2D eigenvalue weighted by molar-refractivity contribution is 14.0. The fourth-order valence-corrected chi connectivity index (χ4v) is 2.86. The van der Waals surface area contributed by atoms with E-state index in [9.17, 15) is 4.79 Å². The lowest BCUT2D eigenvalue weighted by molar-refractivity contribution is 0.0529. The van der Waals surface area contributed by atoms with Gasteiger partial charge in [0, 0.05) is 39.3 Å². The second kappa shape index (κ2) is 13.4. The first-order valence-corrected chi connectivity index (χ1v) is 9.47. The summed E-state index contributed by atoms with van der Waals surface area (Å²) in [6, 6.07) is 0.713. The summed E-state index contributed by atoms with van der Waals surface area (Å²) in [4.78, 5) is 18.3. The van der Waals surface area contributed by atoms with E-state index in [1.54, 1.807) is 7.05 Å². The van der Waals surface area contributed by atoms with Crippen molar-refractivity contribution >= 4 is 36.0 Å². The summed E-state index contributed by atoms with van der Waals surface area (Å²) in [5, 5.41) is 9.23. The number of piperidine rings is 1. The molecule has 154 valence electrons. The van der Waals surface area contributed by atoms with Crippen LogP contribution in [0.3, 0.4) is 0 Å². The quantitative estimate of drug-likeness (QED) is 0.225. The van der Waals surface area contributed by atoms with E-state index in [0.29, 0.717) is 19.1 Å². The number of hydrogen-bond acceptors (Lipinski definition) is 4. The maximum Gasteiger partial charge on any atom is 0.407 e. The molecule has 0 aromatic carbocycles. The number of ether oxygens (including phenoxy) is 1. The monoisotopic (exact) mass is 483 g/mol. The van der Waals surface area contributed by atoms with Crippen LogP contribution in [0.25, 0.3) is 0 Å². The lowest BCUT2D eigenvalue weighted by Crippen LogP contribution is -2.43. The fourth-order valence-electron chi connectivity index (χ4n) is 2.86. The molecule has 1 fully saturated rings. The zero-order valence-corrected chi connectivity index (χ0v) is 19.4. The fraction of sp³-hybridized carbons (Fsp3) is 0.889. The number of rotatable bonds is 7. The van der Waals surface area contributed by atoms with E-state index in [2.05, 4.69) is 32.8 Å². The molecule has 3 N–H and O–H groups in total. The third kappa shape index (κ3) is 11.8. The number of carbonyl (C=O) groups excluding carboxylic acids is 1. The minimum Gasteiger partial charge on any atom is -0.444 e. The van der Waals surface area contributed by atoms with Gasteiger partial charge in [-0.2, -0.15) is 0 Å². The van der Waals surface area contributed by atoms with E-state index in [-0.39, 0.29) is 24.0 Å². The standard InChI is InChI=1S/C18H37N5O2.HI/c1-15-9-6-7-13-23(15)14-8-10-20-16(19-5)21-11-12-22-17(24)25-18(2,3)4;/h15H,6-14H2,1-5H3,(H,22,24)(H2,19,20,21);1H. The molecule has 0 aliphatic carbocycles. The molecule has 0 radical (unpaired) electrons. The molecule has 1 rings (SSSR count).